The van der Waals surface area contributed by atoms with Gasteiger partial charge in [0.1, 0.15) is 0 Å². The summed E-state index contributed by atoms with van der Waals surface area (Å²) in [5.41, 5.74) is 3.86. The summed E-state index contributed by atoms with van der Waals surface area (Å²) in [5.74, 6) is -2.35. The van der Waals surface area contributed by atoms with Gasteiger partial charge in [0, 0.05) is 12.1 Å². The Kier molecular flexibility index (Phi) is 5.26. The number of aryl methyl sites for hydroxylation is 3. The van der Waals surface area contributed by atoms with Crippen LogP contribution in [0.5, 0.6) is 0 Å². The Morgan fingerprint density at radius 3 is 2.50 bits per heavy atom. The molecule has 116 valence electrons. The van der Waals surface area contributed by atoms with Crippen molar-refractivity contribution in [3.8, 4) is 0 Å². The lowest BCUT2D eigenvalue weighted by atomic mass is 10.0. The van der Waals surface area contributed by atoms with Crippen molar-refractivity contribution in [2.75, 3.05) is 6.54 Å². The van der Waals surface area contributed by atoms with Gasteiger partial charge in [-0.05, 0) is 56.0 Å². The fraction of sp³-hybridized carbons (Fsp3) is 0.278. The van der Waals surface area contributed by atoms with Crippen LogP contribution in [-0.2, 0) is 6.42 Å². The summed E-state index contributed by atoms with van der Waals surface area (Å²) in [5, 5.41) is 2.72. The molecule has 0 spiro atoms. The van der Waals surface area contributed by atoms with Crippen LogP contribution < -0.4 is 5.32 Å². The van der Waals surface area contributed by atoms with Crippen LogP contribution in [0.3, 0.4) is 0 Å². The van der Waals surface area contributed by atoms with Crippen LogP contribution >= 0.6 is 0 Å². The Balaban J connectivity index is 1.83. The second-order valence-corrected chi connectivity index (χ2v) is 5.42. The molecule has 0 atom stereocenters. The van der Waals surface area contributed by atoms with Crippen LogP contribution in [0, 0.1) is 25.5 Å². The van der Waals surface area contributed by atoms with Crippen molar-refractivity contribution in [1.29, 1.82) is 0 Å². The SMILES string of the molecule is Cc1ccc(CCCNC(=O)c2ccc(F)c(F)c2)c(C)c1. The van der Waals surface area contributed by atoms with Crippen molar-refractivity contribution in [3.05, 3.63) is 70.3 Å². The second-order valence-electron chi connectivity index (χ2n) is 5.42. The van der Waals surface area contributed by atoms with Gasteiger partial charge in [0.15, 0.2) is 11.6 Å². The van der Waals surface area contributed by atoms with E-state index in [2.05, 4.69) is 37.4 Å². The minimum Gasteiger partial charge on any atom is -0.352 e. The fourth-order valence-corrected chi connectivity index (χ4v) is 2.35. The van der Waals surface area contributed by atoms with Crippen molar-refractivity contribution in [3.63, 3.8) is 0 Å². The molecular formula is C18H19F2NO. The van der Waals surface area contributed by atoms with E-state index in [-0.39, 0.29) is 11.5 Å². The van der Waals surface area contributed by atoms with E-state index in [4.69, 9.17) is 0 Å². The molecule has 2 rings (SSSR count). The predicted octanol–water partition coefficient (Wildman–Crippen LogP) is 3.94. The molecule has 0 unspecified atom stereocenters. The van der Waals surface area contributed by atoms with Gasteiger partial charge in [0.25, 0.3) is 5.91 Å². The quantitative estimate of drug-likeness (QED) is 0.833. The van der Waals surface area contributed by atoms with E-state index in [0.717, 1.165) is 25.0 Å². The topological polar surface area (TPSA) is 29.1 Å². The van der Waals surface area contributed by atoms with Crippen molar-refractivity contribution >= 4 is 5.91 Å². The van der Waals surface area contributed by atoms with Crippen LogP contribution in [0.2, 0.25) is 0 Å². The van der Waals surface area contributed by atoms with Gasteiger partial charge in [0.05, 0.1) is 0 Å². The van der Waals surface area contributed by atoms with Crippen molar-refractivity contribution in [1.82, 2.24) is 5.32 Å². The molecule has 4 heteroatoms. The first kappa shape index (κ1) is 16.1. The van der Waals surface area contributed by atoms with Gasteiger partial charge in [-0.15, -0.1) is 0 Å². The Morgan fingerprint density at radius 1 is 1.05 bits per heavy atom. The Bertz CT molecular complexity index is 683. The Labute approximate surface area is 129 Å². The number of benzene rings is 2. The van der Waals surface area contributed by atoms with Gasteiger partial charge in [-0.25, -0.2) is 8.78 Å². The lowest BCUT2D eigenvalue weighted by molar-refractivity contribution is 0.0952. The van der Waals surface area contributed by atoms with E-state index in [1.54, 1.807) is 0 Å². The third-order valence-electron chi connectivity index (χ3n) is 3.59. The largest absolute Gasteiger partial charge is 0.352 e. The third-order valence-corrected chi connectivity index (χ3v) is 3.59. The summed E-state index contributed by atoms with van der Waals surface area (Å²) in [6.45, 7) is 4.62. The number of rotatable bonds is 5. The van der Waals surface area contributed by atoms with E-state index in [0.29, 0.717) is 6.54 Å². The molecule has 0 heterocycles. The summed E-state index contributed by atoms with van der Waals surface area (Å²) >= 11 is 0. The Morgan fingerprint density at radius 2 is 1.82 bits per heavy atom. The highest BCUT2D eigenvalue weighted by Gasteiger charge is 2.09. The maximum absolute atomic E-state index is 13.1. The standard InChI is InChI=1S/C18H19F2NO/c1-12-5-6-14(13(2)10-12)4-3-9-21-18(22)15-7-8-16(19)17(20)11-15/h5-8,10-11H,3-4,9H2,1-2H3,(H,21,22). The van der Waals surface area contributed by atoms with Crippen LogP contribution in [0.15, 0.2) is 36.4 Å². The number of hydrogen-bond acceptors (Lipinski definition) is 1. The van der Waals surface area contributed by atoms with Gasteiger partial charge < -0.3 is 5.32 Å². The maximum atomic E-state index is 13.1. The molecule has 22 heavy (non-hydrogen) atoms. The second kappa shape index (κ2) is 7.16. The Hall–Kier alpha value is -2.23. The molecular weight excluding hydrogens is 284 g/mol. The van der Waals surface area contributed by atoms with E-state index in [1.165, 1.54) is 22.8 Å². The van der Waals surface area contributed by atoms with Gasteiger partial charge in [-0.2, -0.15) is 0 Å². The molecule has 0 aliphatic heterocycles. The highest BCUT2D eigenvalue weighted by Crippen LogP contribution is 2.12. The molecule has 2 aromatic carbocycles. The first-order chi connectivity index (χ1) is 10.5. The van der Waals surface area contributed by atoms with Crippen LogP contribution in [0.25, 0.3) is 0 Å². The molecule has 0 aromatic heterocycles. The average molecular weight is 303 g/mol. The first-order valence-electron chi connectivity index (χ1n) is 7.27. The molecule has 2 nitrogen and oxygen atoms in total. The summed E-state index contributed by atoms with van der Waals surface area (Å²) < 4.78 is 25.9. The number of carbonyl (C=O) groups is 1. The first-order valence-corrected chi connectivity index (χ1v) is 7.27. The smallest absolute Gasteiger partial charge is 0.251 e. The highest BCUT2D eigenvalue weighted by atomic mass is 19.2. The molecule has 1 N–H and O–H groups in total. The van der Waals surface area contributed by atoms with Gasteiger partial charge >= 0.3 is 0 Å². The molecule has 0 fully saturated rings. The lowest BCUT2D eigenvalue weighted by Crippen LogP contribution is -2.25. The number of carbonyl (C=O) groups excluding carboxylic acids is 1. The summed E-state index contributed by atoms with van der Waals surface area (Å²) in [4.78, 5) is 11.8. The maximum Gasteiger partial charge on any atom is 0.251 e. The molecule has 0 saturated carbocycles. The van der Waals surface area contributed by atoms with Gasteiger partial charge in [-0.3, -0.25) is 4.79 Å². The molecule has 0 aliphatic carbocycles. The lowest BCUT2D eigenvalue weighted by Gasteiger charge is -2.08. The van der Waals surface area contributed by atoms with Gasteiger partial charge in [0.2, 0.25) is 0 Å². The van der Waals surface area contributed by atoms with Crippen LogP contribution in [0.4, 0.5) is 8.78 Å². The monoisotopic (exact) mass is 303 g/mol. The average Bonchev–Trinajstić information content (AvgIpc) is 2.48. The number of nitrogens with one attached hydrogen (secondary N) is 1. The normalized spacial score (nSPS) is 10.5. The minimum absolute atomic E-state index is 0.130. The molecule has 0 radical (unpaired) electrons. The molecule has 1 amide bonds. The molecule has 0 bridgehead atoms. The van der Waals surface area contributed by atoms with Gasteiger partial charge in [-0.1, -0.05) is 23.8 Å². The highest BCUT2D eigenvalue weighted by molar-refractivity contribution is 5.94. The van der Waals surface area contributed by atoms with Crippen LogP contribution in [0.1, 0.15) is 33.5 Å². The van der Waals surface area contributed by atoms with E-state index in [1.807, 2.05) is 0 Å². The zero-order valence-corrected chi connectivity index (χ0v) is 12.7. The summed E-state index contributed by atoms with van der Waals surface area (Å²) in [7, 11) is 0. The molecule has 0 saturated heterocycles. The zero-order chi connectivity index (χ0) is 16.1. The van der Waals surface area contributed by atoms with Crippen molar-refractivity contribution in [2.45, 2.75) is 26.7 Å². The number of hydrogen-bond donors (Lipinski definition) is 1. The van der Waals surface area contributed by atoms with E-state index in [9.17, 15) is 13.6 Å². The zero-order valence-electron chi connectivity index (χ0n) is 12.7. The summed E-state index contributed by atoms with van der Waals surface area (Å²) in [6, 6.07) is 9.45. The third kappa shape index (κ3) is 4.13. The summed E-state index contributed by atoms with van der Waals surface area (Å²) in [6.07, 6.45) is 1.66. The minimum atomic E-state index is -1.01. The van der Waals surface area contributed by atoms with Crippen LogP contribution in [-0.4, -0.2) is 12.5 Å². The number of amides is 1. The van der Waals surface area contributed by atoms with E-state index < -0.39 is 11.6 Å². The molecule has 2 aromatic rings. The van der Waals surface area contributed by atoms with Crippen molar-refractivity contribution < 1.29 is 13.6 Å². The number of halogens is 2. The van der Waals surface area contributed by atoms with Crippen molar-refractivity contribution in [2.24, 2.45) is 0 Å². The van der Waals surface area contributed by atoms with E-state index >= 15 is 0 Å². The molecule has 0 aliphatic rings. The predicted molar refractivity (Wildman–Crippen MR) is 82.9 cm³/mol. The fourth-order valence-electron chi connectivity index (χ4n) is 2.35.